The SMILES string of the molecule is O=C(O)CSc1nc2ncc(-c3cn(Cc4cc(Cl)c(Cl)c(Cl)c4)nn3)nc2s1. The largest absolute Gasteiger partial charge is 0.481 e. The lowest BCUT2D eigenvalue weighted by Gasteiger charge is -2.05. The van der Waals surface area contributed by atoms with Crippen LogP contribution in [0.3, 0.4) is 0 Å². The highest BCUT2D eigenvalue weighted by Crippen LogP contribution is 2.32. The van der Waals surface area contributed by atoms with Crippen molar-refractivity contribution < 1.29 is 9.90 Å². The third kappa shape index (κ3) is 4.62. The van der Waals surface area contributed by atoms with Crippen LogP contribution in [0.25, 0.3) is 21.9 Å². The van der Waals surface area contributed by atoms with Crippen molar-refractivity contribution in [3.05, 3.63) is 45.2 Å². The molecule has 8 nitrogen and oxygen atoms in total. The first-order valence-electron chi connectivity index (χ1n) is 7.91. The molecule has 0 aliphatic carbocycles. The number of aliphatic carboxylic acids is 1. The minimum Gasteiger partial charge on any atom is -0.481 e. The van der Waals surface area contributed by atoms with Crippen molar-refractivity contribution in [3.63, 3.8) is 0 Å². The Morgan fingerprint density at radius 2 is 1.93 bits per heavy atom. The molecule has 3 aromatic heterocycles. The van der Waals surface area contributed by atoms with E-state index in [1.807, 2.05) is 0 Å². The van der Waals surface area contributed by atoms with Crippen LogP contribution >= 0.6 is 57.9 Å². The summed E-state index contributed by atoms with van der Waals surface area (Å²) in [4.78, 5) is 24.4. The predicted octanol–water partition coefficient (Wildman–Crippen LogP) is 4.53. The molecule has 13 heteroatoms. The Morgan fingerprint density at radius 3 is 2.66 bits per heavy atom. The maximum absolute atomic E-state index is 10.7. The van der Waals surface area contributed by atoms with E-state index in [0.717, 1.165) is 17.3 Å². The van der Waals surface area contributed by atoms with Crippen LogP contribution in [0, 0.1) is 0 Å². The van der Waals surface area contributed by atoms with E-state index in [9.17, 15) is 4.79 Å². The third-order valence-corrected chi connectivity index (χ3v) is 6.87. The van der Waals surface area contributed by atoms with Crippen LogP contribution in [0.2, 0.25) is 15.1 Å². The van der Waals surface area contributed by atoms with E-state index in [0.29, 0.717) is 47.8 Å². The lowest BCUT2D eigenvalue weighted by Crippen LogP contribution is -2.00. The Bertz CT molecular complexity index is 1210. The predicted molar refractivity (Wildman–Crippen MR) is 113 cm³/mol. The van der Waals surface area contributed by atoms with Gasteiger partial charge in [-0.3, -0.25) is 4.79 Å². The fourth-order valence-electron chi connectivity index (χ4n) is 2.39. The monoisotopic (exact) mass is 486 g/mol. The zero-order valence-electron chi connectivity index (χ0n) is 14.2. The van der Waals surface area contributed by atoms with Crippen molar-refractivity contribution in [2.75, 3.05) is 5.75 Å². The number of hydrogen-bond donors (Lipinski definition) is 1. The fourth-order valence-corrected chi connectivity index (χ4v) is 4.71. The summed E-state index contributed by atoms with van der Waals surface area (Å²) in [5.41, 5.74) is 2.36. The normalized spacial score (nSPS) is 11.3. The van der Waals surface area contributed by atoms with Gasteiger partial charge in [0.2, 0.25) is 0 Å². The Morgan fingerprint density at radius 1 is 1.17 bits per heavy atom. The number of hydrogen-bond acceptors (Lipinski definition) is 8. The van der Waals surface area contributed by atoms with Gasteiger partial charge in [-0.25, -0.2) is 19.6 Å². The van der Waals surface area contributed by atoms with Gasteiger partial charge in [0.25, 0.3) is 0 Å². The van der Waals surface area contributed by atoms with E-state index in [-0.39, 0.29) is 5.75 Å². The maximum atomic E-state index is 10.7. The highest BCUT2D eigenvalue weighted by atomic mass is 35.5. The number of benzene rings is 1. The number of carbonyl (C=O) groups is 1. The molecular weight excluding hydrogens is 479 g/mol. The van der Waals surface area contributed by atoms with Gasteiger partial charge in [-0.2, -0.15) is 0 Å². The topological polar surface area (TPSA) is 107 Å². The lowest BCUT2D eigenvalue weighted by atomic mass is 10.2. The van der Waals surface area contributed by atoms with Gasteiger partial charge < -0.3 is 5.11 Å². The van der Waals surface area contributed by atoms with Crippen molar-refractivity contribution in [2.24, 2.45) is 0 Å². The quantitative estimate of drug-likeness (QED) is 0.312. The number of thioether (sulfide) groups is 1. The maximum Gasteiger partial charge on any atom is 0.313 e. The van der Waals surface area contributed by atoms with Gasteiger partial charge >= 0.3 is 5.97 Å². The summed E-state index contributed by atoms with van der Waals surface area (Å²) >= 11 is 20.5. The van der Waals surface area contributed by atoms with Crippen LogP contribution in [-0.2, 0) is 11.3 Å². The first-order chi connectivity index (χ1) is 13.9. The van der Waals surface area contributed by atoms with Crippen molar-refractivity contribution in [1.29, 1.82) is 0 Å². The molecule has 0 fully saturated rings. The van der Waals surface area contributed by atoms with Gasteiger partial charge in [0, 0.05) is 0 Å². The second-order valence-electron chi connectivity index (χ2n) is 5.72. The molecule has 0 saturated heterocycles. The first-order valence-corrected chi connectivity index (χ1v) is 10.8. The van der Waals surface area contributed by atoms with Crippen molar-refractivity contribution in [3.8, 4) is 11.4 Å². The van der Waals surface area contributed by atoms with Crippen LogP contribution in [0.15, 0.2) is 28.9 Å². The van der Waals surface area contributed by atoms with E-state index in [1.54, 1.807) is 29.2 Å². The summed E-state index contributed by atoms with van der Waals surface area (Å²) in [6.45, 7) is 0.399. The molecule has 4 rings (SSSR count). The van der Waals surface area contributed by atoms with Gasteiger partial charge in [0.1, 0.15) is 11.4 Å². The number of nitrogens with zero attached hydrogens (tertiary/aromatic N) is 6. The minimum atomic E-state index is -0.907. The Labute approximate surface area is 186 Å². The van der Waals surface area contributed by atoms with E-state index < -0.39 is 5.97 Å². The fraction of sp³-hybridized carbons (Fsp3) is 0.125. The van der Waals surface area contributed by atoms with Gasteiger partial charge in [0.05, 0.1) is 39.8 Å². The molecule has 0 atom stereocenters. The Balaban J connectivity index is 1.55. The Hall–Kier alpha value is -1.98. The molecule has 0 aliphatic heterocycles. The molecule has 4 aromatic rings. The molecular formula is C16H9Cl3N6O2S2. The second-order valence-corrected chi connectivity index (χ2v) is 9.11. The van der Waals surface area contributed by atoms with Crippen LogP contribution < -0.4 is 0 Å². The molecule has 1 N–H and O–H groups in total. The molecule has 0 spiro atoms. The summed E-state index contributed by atoms with van der Waals surface area (Å²) in [6, 6.07) is 3.44. The van der Waals surface area contributed by atoms with E-state index in [2.05, 4.69) is 25.3 Å². The summed E-state index contributed by atoms with van der Waals surface area (Å²) < 4.78 is 2.22. The van der Waals surface area contributed by atoms with Gasteiger partial charge in [0.15, 0.2) is 14.8 Å². The highest BCUT2D eigenvalue weighted by Gasteiger charge is 2.13. The lowest BCUT2D eigenvalue weighted by molar-refractivity contribution is -0.133. The smallest absolute Gasteiger partial charge is 0.313 e. The highest BCUT2D eigenvalue weighted by molar-refractivity contribution is 8.01. The summed E-state index contributed by atoms with van der Waals surface area (Å²) in [5, 5.41) is 18.1. The molecule has 3 heterocycles. The molecule has 0 radical (unpaired) electrons. The molecule has 0 bridgehead atoms. The van der Waals surface area contributed by atoms with Crippen LogP contribution in [0.4, 0.5) is 0 Å². The number of carboxylic acids is 1. The van der Waals surface area contributed by atoms with Gasteiger partial charge in [-0.1, -0.05) is 63.1 Å². The van der Waals surface area contributed by atoms with Crippen LogP contribution in [-0.4, -0.2) is 46.8 Å². The molecule has 29 heavy (non-hydrogen) atoms. The molecule has 1 aromatic carbocycles. The molecule has 0 unspecified atom stereocenters. The number of fused-ring (bicyclic) bond motifs is 1. The van der Waals surface area contributed by atoms with E-state index >= 15 is 0 Å². The van der Waals surface area contributed by atoms with Gasteiger partial charge in [-0.05, 0) is 17.7 Å². The van der Waals surface area contributed by atoms with Crippen molar-refractivity contribution in [2.45, 2.75) is 10.9 Å². The average molecular weight is 488 g/mol. The van der Waals surface area contributed by atoms with E-state index in [4.69, 9.17) is 39.9 Å². The summed E-state index contributed by atoms with van der Waals surface area (Å²) in [6.07, 6.45) is 3.28. The molecule has 148 valence electrons. The standard InChI is InChI=1S/C16H9Cl3N6O2S2/c17-8-1-7(2-9(18)13(8)19)4-25-5-11(23-24-25)10-3-20-14-15(21-10)29-16(22-14)28-6-12(26)27/h1-3,5H,4,6H2,(H,26,27). The van der Waals surface area contributed by atoms with E-state index in [1.165, 1.54) is 11.3 Å². The van der Waals surface area contributed by atoms with Crippen molar-refractivity contribution in [1.82, 2.24) is 29.9 Å². The second kappa shape index (κ2) is 8.41. The molecule has 0 saturated carbocycles. The number of aromatic nitrogens is 6. The first kappa shape index (κ1) is 20.3. The number of rotatable bonds is 6. The Kier molecular flexibility index (Phi) is 5.88. The third-order valence-electron chi connectivity index (χ3n) is 3.61. The molecule has 0 aliphatic rings. The van der Waals surface area contributed by atoms with Crippen molar-refractivity contribution >= 4 is 74.3 Å². The number of halogens is 3. The number of carboxylic acid groups (broad SMARTS) is 1. The van der Waals surface area contributed by atoms with Gasteiger partial charge in [-0.15, -0.1) is 5.10 Å². The molecule has 0 amide bonds. The average Bonchev–Trinajstić information content (AvgIpc) is 3.30. The van der Waals surface area contributed by atoms with Crippen LogP contribution in [0.1, 0.15) is 5.56 Å². The number of thiazole rings is 1. The summed E-state index contributed by atoms with van der Waals surface area (Å²) in [7, 11) is 0. The van der Waals surface area contributed by atoms with Crippen LogP contribution in [0.5, 0.6) is 0 Å². The zero-order chi connectivity index (χ0) is 20.5. The zero-order valence-corrected chi connectivity index (χ0v) is 18.1. The summed E-state index contributed by atoms with van der Waals surface area (Å²) in [5.74, 6) is -0.976. The minimum absolute atomic E-state index is 0.0697.